The molecule has 0 saturated carbocycles. The molecule has 2 aromatic rings. The van der Waals surface area contributed by atoms with Gasteiger partial charge < -0.3 is 10.5 Å². The molecule has 4 heteroatoms. The lowest BCUT2D eigenvalue weighted by Gasteiger charge is -2.11. The van der Waals surface area contributed by atoms with Crippen LogP contribution in [-0.2, 0) is 6.42 Å². The van der Waals surface area contributed by atoms with Crippen LogP contribution in [0.3, 0.4) is 0 Å². The highest BCUT2D eigenvalue weighted by atomic mass is 19.1. The quantitative estimate of drug-likeness (QED) is 0.902. The molecule has 0 amide bonds. The first-order chi connectivity index (χ1) is 9.17. The maximum absolute atomic E-state index is 13.7. The summed E-state index contributed by atoms with van der Waals surface area (Å²) < 4.78 is 32.3. The topological polar surface area (TPSA) is 35.2 Å². The van der Waals surface area contributed by atoms with Crippen LogP contribution >= 0.6 is 0 Å². The summed E-state index contributed by atoms with van der Waals surface area (Å²) in [6.07, 6.45) is 0.494. The van der Waals surface area contributed by atoms with E-state index in [1.807, 2.05) is 0 Å². The normalized spacial score (nSPS) is 17.1. The molecule has 1 atom stereocenters. The number of rotatable bonds is 2. The molecule has 98 valence electrons. The van der Waals surface area contributed by atoms with Gasteiger partial charge in [-0.15, -0.1) is 0 Å². The van der Waals surface area contributed by atoms with Crippen LogP contribution in [0.5, 0.6) is 5.75 Å². The van der Waals surface area contributed by atoms with Crippen molar-refractivity contribution in [2.45, 2.75) is 12.5 Å². The van der Waals surface area contributed by atoms with Gasteiger partial charge >= 0.3 is 0 Å². The summed E-state index contributed by atoms with van der Waals surface area (Å²) in [6, 6.07) is 8.81. The second-order valence-electron chi connectivity index (χ2n) is 4.63. The molecule has 1 aliphatic rings. The predicted molar refractivity (Wildman–Crippen MR) is 69.0 cm³/mol. The molecular weight excluding hydrogens is 248 g/mol. The molecule has 0 radical (unpaired) electrons. The third-order valence-corrected chi connectivity index (χ3v) is 3.28. The molecule has 0 fully saturated rings. The molecule has 0 bridgehead atoms. The number of halogens is 2. The highest BCUT2D eigenvalue weighted by Gasteiger charge is 2.25. The number of hydrogen-bond acceptors (Lipinski definition) is 2. The van der Waals surface area contributed by atoms with Crippen molar-refractivity contribution in [1.29, 1.82) is 0 Å². The van der Waals surface area contributed by atoms with Crippen molar-refractivity contribution in [3.8, 4) is 16.9 Å². The van der Waals surface area contributed by atoms with Crippen LogP contribution in [-0.4, -0.2) is 12.6 Å². The van der Waals surface area contributed by atoms with Crippen molar-refractivity contribution in [3.05, 3.63) is 53.6 Å². The lowest BCUT2D eigenvalue weighted by molar-refractivity contribution is 0.242. The minimum Gasteiger partial charge on any atom is -0.488 e. The van der Waals surface area contributed by atoms with Crippen LogP contribution in [0.25, 0.3) is 11.1 Å². The van der Waals surface area contributed by atoms with Gasteiger partial charge in [-0.2, -0.15) is 0 Å². The summed E-state index contributed by atoms with van der Waals surface area (Å²) in [6.45, 7) is 0.388. The van der Waals surface area contributed by atoms with E-state index in [1.165, 1.54) is 24.3 Å². The molecule has 0 aliphatic carbocycles. The van der Waals surface area contributed by atoms with E-state index in [2.05, 4.69) is 0 Å². The van der Waals surface area contributed by atoms with Gasteiger partial charge in [0.2, 0.25) is 0 Å². The maximum atomic E-state index is 13.7. The van der Waals surface area contributed by atoms with Gasteiger partial charge in [-0.3, -0.25) is 0 Å². The maximum Gasteiger partial charge on any atom is 0.131 e. The third kappa shape index (κ3) is 2.19. The first-order valence-corrected chi connectivity index (χ1v) is 6.12. The van der Waals surface area contributed by atoms with E-state index >= 15 is 0 Å². The van der Waals surface area contributed by atoms with E-state index in [9.17, 15) is 8.78 Å². The Morgan fingerprint density at radius 1 is 1.11 bits per heavy atom. The lowest BCUT2D eigenvalue weighted by atomic mass is 10.0. The Bertz CT molecular complexity index is 610. The van der Waals surface area contributed by atoms with E-state index in [-0.39, 0.29) is 17.7 Å². The Balaban J connectivity index is 2.10. The first kappa shape index (κ1) is 12.1. The second-order valence-corrected chi connectivity index (χ2v) is 4.63. The lowest BCUT2D eigenvalue weighted by Crippen LogP contribution is -2.24. The molecular formula is C15H13F2NO. The average Bonchev–Trinajstić information content (AvgIpc) is 2.81. The summed E-state index contributed by atoms with van der Waals surface area (Å²) >= 11 is 0. The summed E-state index contributed by atoms with van der Waals surface area (Å²) in [5, 5.41) is 0. The third-order valence-electron chi connectivity index (χ3n) is 3.28. The van der Waals surface area contributed by atoms with Crippen molar-refractivity contribution in [2.24, 2.45) is 5.73 Å². The largest absolute Gasteiger partial charge is 0.488 e. The second kappa shape index (κ2) is 4.63. The minimum atomic E-state index is -0.322. The Kier molecular flexibility index (Phi) is 2.95. The fraction of sp³-hybridized carbons (Fsp3) is 0.200. The summed E-state index contributed by atoms with van der Waals surface area (Å²) in [5.74, 6) is 0.0142. The molecule has 2 N–H and O–H groups in total. The molecule has 1 aliphatic heterocycles. The molecule has 19 heavy (non-hydrogen) atoms. The minimum absolute atomic E-state index is 0.115. The molecule has 0 unspecified atom stereocenters. The van der Waals surface area contributed by atoms with Crippen molar-refractivity contribution in [2.75, 3.05) is 6.54 Å². The van der Waals surface area contributed by atoms with Gasteiger partial charge in [0, 0.05) is 24.1 Å². The zero-order chi connectivity index (χ0) is 13.4. The van der Waals surface area contributed by atoms with E-state index < -0.39 is 0 Å². The fourth-order valence-electron chi connectivity index (χ4n) is 2.37. The van der Waals surface area contributed by atoms with Crippen LogP contribution in [0.15, 0.2) is 36.4 Å². The standard InChI is InChI=1S/C15H13F2NO/c16-11-3-1-9(2-4-11)14-7-12(17)5-10-6-13(8-18)19-15(10)14/h1-5,7,13H,6,8,18H2/t13-/m1/s1. The summed E-state index contributed by atoms with van der Waals surface area (Å²) in [4.78, 5) is 0. The van der Waals surface area contributed by atoms with Crippen LogP contribution < -0.4 is 10.5 Å². The van der Waals surface area contributed by atoms with Gasteiger partial charge in [0.1, 0.15) is 23.5 Å². The molecule has 0 aromatic heterocycles. The molecule has 1 heterocycles. The molecule has 2 nitrogen and oxygen atoms in total. The van der Waals surface area contributed by atoms with Gasteiger partial charge in [0.05, 0.1) is 0 Å². The van der Waals surface area contributed by atoms with Crippen LogP contribution in [0, 0.1) is 11.6 Å². The van der Waals surface area contributed by atoms with Gasteiger partial charge in [0.25, 0.3) is 0 Å². The van der Waals surface area contributed by atoms with Crippen molar-refractivity contribution >= 4 is 0 Å². The molecule has 0 spiro atoms. The zero-order valence-corrected chi connectivity index (χ0v) is 10.2. The Labute approximate surface area is 109 Å². The van der Waals surface area contributed by atoms with Crippen LogP contribution in [0.1, 0.15) is 5.56 Å². The SMILES string of the molecule is NC[C@H]1Cc2cc(F)cc(-c3ccc(F)cc3)c2O1. The van der Waals surface area contributed by atoms with Crippen molar-refractivity contribution in [3.63, 3.8) is 0 Å². The number of benzene rings is 2. The average molecular weight is 261 g/mol. The number of ether oxygens (including phenoxy) is 1. The Morgan fingerprint density at radius 3 is 2.53 bits per heavy atom. The van der Waals surface area contributed by atoms with E-state index in [4.69, 9.17) is 10.5 Å². The smallest absolute Gasteiger partial charge is 0.131 e. The van der Waals surface area contributed by atoms with Crippen LogP contribution in [0.2, 0.25) is 0 Å². The van der Waals surface area contributed by atoms with E-state index in [1.54, 1.807) is 12.1 Å². The highest BCUT2D eigenvalue weighted by Crippen LogP contribution is 2.39. The van der Waals surface area contributed by atoms with E-state index in [0.717, 1.165) is 11.1 Å². The van der Waals surface area contributed by atoms with Crippen molar-refractivity contribution < 1.29 is 13.5 Å². The molecule has 0 saturated heterocycles. The predicted octanol–water partition coefficient (Wildman–Crippen LogP) is 2.89. The number of hydrogen-bond donors (Lipinski definition) is 1. The van der Waals surface area contributed by atoms with Gasteiger partial charge in [-0.1, -0.05) is 12.1 Å². The van der Waals surface area contributed by atoms with Gasteiger partial charge in [-0.25, -0.2) is 8.78 Å². The van der Waals surface area contributed by atoms with Gasteiger partial charge in [-0.05, 0) is 29.8 Å². The summed E-state index contributed by atoms with van der Waals surface area (Å²) in [5.41, 5.74) is 7.78. The van der Waals surface area contributed by atoms with Crippen molar-refractivity contribution in [1.82, 2.24) is 0 Å². The van der Waals surface area contributed by atoms with Gasteiger partial charge in [0.15, 0.2) is 0 Å². The molecule has 2 aromatic carbocycles. The van der Waals surface area contributed by atoms with E-state index in [0.29, 0.717) is 24.3 Å². The number of nitrogens with two attached hydrogens (primary N) is 1. The molecule has 3 rings (SSSR count). The zero-order valence-electron chi connectivity index (χ0n) is 10.2. The van der Waals surface area contributed by atoms with Crippen LogP contribution in [0.4, 0.5) is 8.78 Å². The highest BCUT2D eigenvalue weighted by molar-refractivity contribution is 5.73. The first-order valence-electron chi connectivity index (χ1n) is 6.12. The fourth-order valence-corrected chi connectivity index (χ4v) is 2.37. The Hall–Kier alpha value is -1.94. The monoisotopic (exact) mass is 261 g/mol. The summed E-state index contributed by atoms with van der Waals surface area (Å²) in [7, 11) is 0. The Morgan fingerprint density at radius 2 is 1.84 bits per heavy atom. The number of fused-ring (bicyclic) bond motifs is 1.